The molecule has 6 bridgehead atoms. The van der Waals surface area contributed by atoms with Gasteiger partial charge in [0.1, 0.15) is 29.9 Å². The Labute approximate surface area is 411 Å². The third-order valence-electron chi connectivity index (χ3n) is 13.8. The predicted octanol–water partition coefficient (Wildman–Crippen LogP) is 4.58. The molecule has 5 amide bonds. The van der Waals surface area contributed by atoms with Crippen molar-refractivity contribution in [3.8, 4) is 28.1 Å². The quantitative estimate of drug-likeness (QED) is 0.133. The van der Waals surface area contributed by atoms with Gasteiger partial charge in [0.25, 0.3) is 5.91 Å². The first-order chi connectivity index (χ1) is 33.1. The number of rotatable bonds is 12. The number of phenols is 1. The third kappa shape index (κ3) is 11.2. The molecule has 0 spiro atoms. The molecule has 0 aliphatic carbocycles. The number of hydrogen-bond acceptors (Lipinski definition) is 11. The monoisotopic (exact) mass is 962 g/mol. The van der Waals surface area contributed by atoms with Crippen LogP contribution in [0.5, 0.6) is 5.75 Å². The van der Waals surface area contributed by atoms with E-state index in [-0.39, 0.29) is 56.1 Å². The Kier molecular flexibility index (Phi) is 15.4. The molecule has 2 saturated heterocycles. The molecular formula is C53H71N9O8. The summed E-state index contributed by atoms with van der Waals surface area (Å²) < 4.78 is 8.43. The average molecular weight is 962 g/mol. The van der Waals surface area contributed by atoms with Gasteiger partial charge in [-0.25, -0.2) is 5.43 Å². The smallest absolute Gasteiger partial charge is 0.324 e. The lowest BCUT2D eigenvalue weighted by Crippen LogP contribution is -2.62. The number of carbonyl (C=O) groups excluding carboxylic acids is 6. The minimum Gasteiger partial charge on any atom is -0.508 e. The highest BCUT2D eigenvalue weighted by atomic mass is 16.5. The van der Waals surface area contributed by atoms with Gasteiger partial charge in [-0.05, 0) is 96.7 Å². The average Bonchev–Trinajstić information content (AvgIpc) is 4.02. The molecule has 70 heavy (non-hydrogen) atoms. The van der Waals surface area contributed by atoms with E-state index >= 15 is 0 Å². The van der Waals surface area contributed by atoms with Crippen LogP contribution in [-0.4, -0.2) is 160 Å². The second-order valence-corrected chi connectivity index (χ2v) is 20.9. The van der Waals surface area contributed by atoms with E-state index in [1.165, 1.54) is 33.8 Å². The molecule has 4 aromatic rings. The van der Waals surface area contributed by atoms with Crippen molar-refractivity contribution < 1.29 is 38.6 Å². The van der Waals surface area contributed by atoms with Gasteiger partial charge >= 0.3 is 5.97 Å². The number of amides is 5. The van der Waals surface area contributed by atoms with E-state index < -0.39 is 59.2 Å². The Balaban J connectivity index is 1.23. The van der Waals surface area contributed by atoms with Crippen LogP contribution in [0.25, 0.3) is 33.3 Å². The lowest BCUT2D eigenvalue weighted by molar-refractivity contribution is -0.155. The maximum absolute atomic E-state index is 14.8. The molecule has 17 nitrogen and oxygen atoms in total. The third-order valence-corrected chi connectivity index (χ3v) is 13.8. The fourth-order valence-electron chi connectivity index (χ4n) is 9.97. The van der Waals surface area contributed by atoms with Crippen molar-refractivity contribution in [3.63, 3.8) is 0 Å². The topological polar surface area (TPSA) is 190 Å². The summed E-state index contributed by atoms with van der Waals surface area (Å²) in [7, 11) is 6.31. The van der Waals surface area contributed by atoms with Gasteiger partial charge in [-0.1, -0.05) is 53.7 Å². The number of carbonyl (C=O) groups is 6. The number of phenolic OH excluding ortho intramolecular Hbond substituents is 1. The maximum atomic E-state index is 14.8. The first-order valence-corrected chi connectivity index (χ1v) is 24.5. The zero-order chi connectivity index (χ0) is 50.9. The molecule has 3 aliphatic rings. The fraction of sp³-hybridized carbons (Fsp3) is 0.528. The van der Waals surface area contributed by atoms with Crippen LogP contribution in [0, 0.1) is 11.3 Å². The summed E-state index contributed by atoms with van der Waals surface area (Å²) in [5, 5.41) is 16.7. The van der Waals surface area contributed by atoms with Crippen LogP contribution < -0.4 is 10.7 Å². The molecule has 3 N–H and O–H groups in total. The van der Waals surface area contributed by atoms with Crippen molar-refractivity contribution in [2.45, 2.75) is 111 Å². The first-order valence-electron chi connectivity index (χ1n) is 24.5. The van der Waals surface area contributed by atoms with E-state index in [1.807, 2.05) is 24.4 Å². The molecule has 376 valence electrons. The standard InChI is InChI=1S/C53H71N9O8/c1-12-61-42-18-17-34-25-38(42)39(48(61)37-15-13-19-54-46(37)31(2)3)26-53(6,7)30-70-52(69)40-16-14-20-62(56-40)50(67)41(23-33-21-35(34)24-36(63)22-33)55-49(66)47(32(4)5)59(11)45(65)28-58(10)51(68)43-27-60(43)29-44(64)57(8)9/h13,15,17-19,21-22,24-25,31-32,40-41,43,47,56,63H,12,14,16,20,23,26-30H2,1-11H3,(H,55,66)/t40-,41-,43+,47-,60?/m0/s1. The van der Waals surface area contributed by atoms with Crippen LogP contribution in [0.1, 0.15) is 84.0 Å². The predicted molar refractivity (Wildman–Crippen MR) is 267 cm³/mol. The molecule has 7 rings (SSSR count). The number of nitrogens with one attached hydrogen (secondary N) is 2. The minimum atomic E-state index is -1.20. The molecular weight excluding hydrogens is 891 g/mol. The molecule has 2 aromatic carbocycles. The van der Waals surface area contributed by atoms with Gasteiger partial charge in [-0.2, -0.15) is 0 Å². The van der Waals surface area contributed by atoms with Crippen molar-refractivity contribution in [3.05, 3.63) is 71.5 Å². The van der Waals surface area contributed by atoms with Crippen LogP contribution in [0.15, 0.2) is 54.7 Å². The van der Waals surface area contributed by atoms with E-state index in [9.17, 15) is 33.9 Å². The van der Waals surface area contributed by atoms with Crippen LogP contribution in [0.4, 0.5) is 0 Å². The molecule has 3 aliphatic heterocycles. The molecule has 1 unspecified atom stereocenters. The minimum absolute atomic E-state index is 0.0220. The summed E-state index contributed by atoms with van der Waals surface area (Å²) in [5.74, 6) is -2.78. The Hall–Kier alpha value is -6.33. The number of fused-ring (bicyclic) bond motifs is 6. The van der Waals surface area contributed by atoms with Crippen molar-refractivity contribution in [1.29, 1.82) is 0 Å². The molecule has 0 saturated carbocycles. The van der Waals surface area contributed by atoms with Crippen molar-refractivity contribution >= 4 is 46.4 Å². The van der Waals surface area contributed by atoms with E-state index in [4.69, 9.17) is 9.72 Å². The fourth-order valence-corrected chi connectivity index (χ4v) is 9.97. The van der Waals surface area contributed by atoms with Crippen molar-refractivity contribution in [2.24, 2.45) is 11.3 Å². The first kappa shape index (κ1) is 51.5. The van der Waals surface area contributed by atoms with Crippen molar-refractivity contribution in [2.75, 3.05) is 61.0 Å². The van der Waals surface area contributed by atoms with Gasteiger partial charge in [-0.15, -0.1) is 0 Å². The molecule has 5 heterocycles. The number of hydrazine groups is 1. The number of pyridine rings is 1. The summed E-state index contributed by atoms with van der Waals surface area (Å²) in [6, 6.07) is 11.9. The lowest BCUT2D eigenvalue weighted by atomic mass is 9.83. The molecule has 2 fully saturated rings. The molecule has 17 heteroatoms. The van der Waals surface area contributed by atoms with Gasteiger partial charge in [0.05, 0.1) is 31.1 Å². The second-order valence-electron chi connectivity index (χ2n) is 20.9. The van der Waals surface area contributed by atoms with Crippen molar-refractivity contribution in [1.82, 2.24) is 44.9 Å². The number of esters is 1. The van der Waals surface area contributed by atoms with E-state index in [1.54, 1.807) is 45.0 Å². The Morgan fingerprint density at radius 2 is 1.73 bits per heavy atom. The number of aryl methyl sites for hydroxylation is 1. The van der Waals surface area contributed by atoms with Gasteiger partial charge in [0.15, 0.2) is 0 Å². The number of benzene rings is 2. The largest absolute Gasteiger partial charge is 0.508 e. The summed E-state index contributed by atoms with van der Waals surface area (Å²) >= 11 is 0. The van der Waals surface area contributed by atoms with E-state index in [0.29, 0.717) is 43.5 Å². The second kappa shape index (κ2) is 20.9. The lowest BCUT2D eigenvalue weighted by Gasteiger charge is -2.37. The number of aromatic nitrogens is 2. The number of nitrogens with zero attached hydrogens (tertiary/aromatic N) is 7. The van der Waals surface area contributed by atoms with Crippen LogP contribution in [0.3, 0.4) is 0 Å². The number of likely N-dealkylation sites (N-methyl/N-ethyl adjacent to an activating group) is 3. The van der Waals surface area contributed by atoms with E-state index in [0.717, 1.165) is 39.0 Å². The number of hydrogen-bond donors (Lipinski definition) is 3. The number of ether oxygens (including phenoxy) is 1. The maximum Gasteiger partial charge on any atom is 0.324 e. The Bertz CT molecular complexity index is 2660. The summed E-state index contributed by atoms with van der Waals surface area (Å²) in [6.07, 6.45) is 3.28. The molecule has 5 atom stereocenters. The molecule has 2 aromatic heterocycles. The summed E-state index contributed by atoms with van der Waals surface area (Å²) in [4.78, 5) is 93.2. The highest BCUT2D eigenvalue weighted by molar-refractivity contribution is 5.97. The summed E-state index contributed by atoms with van der Waals surface area (Å²) in [6.45, 7) is 15.4. The van der Waals surface area contributed by atoms with Crippen LogP contribution in [-0.2, 0) is 52.9 Å². The van der Waals surface area contributed by atoms with Gasteiger partial charge in [0, 0.05) is 82.3 Å². The zero-order valence-electron chi connectivity index (χ0n) is 42.7. The highest BCUT2D eigenvalue weighted by Gasteiger charge is 2.44. The van der Waals surface area contributed by atoms with Gasteiger partial charge in [-0.3, -0.25) is 43.7 Å². The van der Waals surface area contributed by atoms with Crippen LogP contribution in [0.2, 0.25) is 0 Å². The van der Waals surface area contributed by atoms with Crippen LogP contribution >= 0.6 is 0 Å². The van der Waals surface area contributed by atoms with Gasteiger partial charge < -0.3 is 34.4 Å². The van der Waals surface area contributed by atoms with E-state index in [2.05, 4.69) is 68.1 Å². The number of cyclic esters (lactones) is 1. The van der Waals surface area contributed by atoms with Gasteiger partial charge in [0.2, 0.25) is 23.6 Å². The summed E-state index contributed by atoms with van der Waals surface area (Å²) in [5.41, 5.74) is 9.90. The SMILES string of the molecule is CCn1c(-c2cccnc2C(C)C)c2c3cc(ccc31)-c1cc(O)cc(c1)C[C@H](NC(=O)[C@H](C(C)C)N(C)C(=O)CN(C)C(=O)[C@H]1CN1CC(=O)N(C)C)C(=O)N1CCC[C@H](N1)C(=O)OCC(C)(C)C2. The number of aromatic hydroxyl groups is 1. The normalized spacial score (nSPS) is 20.7. The zero-order valence-corrected chi connectivity index (χ0v) is 42.7. The highest BCUT2D eigenvalue weighted by Crippen LogP contribution is 2.42. The Morgan fingerprint density at radius 1 is 0.986 bits per heavy atom. The Morgan fingerprint density at radius 3 is 2.41 bits per heavy atom. The molecule has 0 radical (unpaired) electrons.